The van der Waals surface area contributed by atoms with E-state index in [1.54, 1.807) is 75.4 Å². The van der Waals surface area contributed by atoms with E-state index in [1.807, 2.05) is 30.3 Å². The van der Waals surface area contributed by atoms with Crippen LogP contribution in [0.5, 0.6) is 11.5 Å². The summed E-state index contributed by atoms with van der Waals surface area (Å²) in [5, 5.41) is 11.1. The smallest absolute Gasteiger partial charge is 0.274 e. The molecule has 0 aliphatic carbocycles. The number of benzene rings is 3. The number of hydrogen-bond donors (Lipinski definition) is 4. The first kappa shape index (κ1) is 33.5. The van der Waals surface area contributed by atoms with Gasteiger partial charge >= 0.3 is 0 Å². The number of pyridine rings is 1. The normalized spacial score (nSPS) is 16.9. The maximum atomic E-state index is 13.8. The molecule has 4 aromatic rings. The standard InChI is InChI=1S/C37H37N5O6/c1-37(2,3)36(47)42-30-20-24-12-15-26(16-13-24)48-32-17-14-25(21-28(32)40-34(45)27-11-7-8-18-38-27)31(43)22-39-33(44)29(41-35(30)46)19-23-9-5-4-6-10-23/h4-18,21,29-30H,19-20,22H2,1-3H3,(H,39,44)(H,40,45)(H,41,46)(H,42,47)/t29-,30-/m0/s1. The van der Waals surface area contributed by atoms with Crippen molar-refractivity contribution in [2.75, 3.05) is 11.9 Å². The molecule has 3 aliphatic heterocycles. The summed E-state index contributed by atoms with van der Waals surface area (Å²) in [7, 11) is 0. The average molecular weight is 648 g/mol. The fourth-order valence-corrected chi connectivity index (χ4v) is 4.94. The molecule has 4 amide bonds. The molecule has 0 spiro atoms. The molecule has 4 bridgehead atoms. The van der Waals surface area contributed by atoms with E-state index in [4.69, 9.17) is 4.74 Å². The van der Waals surface area contributed by atoms with Gasteiger partial charge in [0.2, 0.25) is 17.7 Å². The third kappa shape index (κ3) is 8.69. The molecule has 7 rings (SSSR count). The lowest BCUT2D eigenvalue weighted by Gasteiger charge is -2.26. The molecule has 0 unspecified atom stereocenters. The van der Waals surface area contributed by atoms with Crippen molar-refractivity contribution in [2.45, 2.75) is 45.7 Å². The Bertz CT molecular complexity index is 1800. The fraction of sp³-hybridized carbons (Fsp3) is 0.243. The third-order valence-corrected chi connectivity index (χ3v) is 7.68. The number of Topliss-reactive ketones (excluding diaryl/α,β-unsaturated/α-hetero) is 1. The minimum absolute atomic E-state index is 0.131. The SMILES string of the molecule is CC(C)(C)C(=O)N[C@H]1Cc2ccc(cc2)Oc2ccc(cc2NC(=O)c2ccccn2)C(=O)CNC(=O)[C@H](Cc2ccccc2)NC1=O. The van der Waals surface area contributed by atoms with Crippen LogP contribution in [0.1, 0.15) is 52.7 Å². The minimum atomic E-state index is -1.05. The number of hydrogen-bond acceptors (Lipinski definition) is 7. The number of carbonyl (C=O) groups is 5. The summed E-state index contributed by atoms with van der Waals surface area (Å²) in [6.07, 6.45) is 1.78. The molecular formula is C37H37N5O6. The summed E-state index contributed by atoms with van der Waals surface area (Å²) in [6.45, 7) is 4.86. The lowest BCUT2D eigenvalue weighted by atomic mass is 9.94. The molecule has 4 N–H and O–H groups in total. The van der Waals surface area contributed by atoms with Crippen LogP contribution in [0, 0.1) is 5.41 Å². The van der Waals surface area contributed by atoms with Gasteiger partial charge in [0.05, 0.1) is 12.2 Å². The number of nitrogens with zero attached hydrogens (tertiary/aromatic N) is 1. The summed E-state index contributed by atoms with van der Waals surface area (Å²) >= 11 is 0. The molecular weight excluding hydrogens is 610 g/mol. The van der Waals surface area contributed by atoms with Gasteiger partial charge in [-0.15, -0.1) is 0 Å². The predicted molar refractivity (Wildman–Crippen MR) is 180 cm³/mol. The Kier molecular flexibility index (Phi) is 10.3. The largest absolute Gasteiger partial charge is 0.455 e. The second-order valence-corrected chi connectivity index (χ2v) is 12.5. The Balaban J connectivity index is 1.51. The van der Waals surface area contributed by atoms with E-state index in [0.29, 0.717) is 5.75 Å². The topological polar surface area (TPSA) is 156 Å². The highest BCUT2D eigenvalue weighted by Crippen LogP contribution is 2.31. The number of amides is 4. The van der Waals surface area contributed by atoms with Gasteiger partial charge in [0, 0.05) is 30.0 Å². The fourth-order valence-electron chi connectivity index (χ4n) is 4.94. The van der Waals surface area contributed by atoms with Gasteiger partial charge < -0.3 is 26.0 Å². The first-order valence-electron chi connectivity index (χ1n) is 15.6. The van der Waals surface area contributed by atoms with Crippen LogP contribution in [0.3, 0.4) is 0 Å². The van der Waals surface area contributed by atoms with Gasteiger partial charge in [-0.2, -0.15) is 0 Å². The Labute approximate surface area is 278 Å². The summed E-state index contributed by atoms with van der Waals surface area (Å²) in [4.78, 5) is 70.8. The average Bonchev–Trinajstić information content (AvgIpc) is 3.08. The van der Waals surface area contributed by atoms with Crippen molar-refractivity contribution in [3.8, 4) is 11.5 Å². The molecule has 11 nitrogen and oxygen atoms in total. The third-order valence-electron chi connectivity index (χ3n) is 7.68. The molecule has 0 saturated heterocycles. The number of aromatic nitrogens is 1. The molecule has 3 aliphatic rings. The van der Waals surface area contributed by atoms with Gasteiger partial charge in [0.25, 0.3) is 5.91 Å². The van der Waals surface area contributed by atoms with Crippen LogP contribution in [0.4, 0.5) is 5.69 Å². The molecule has 0 fully saturated rings. The lowest BCUT2D eigenvalue weighted by molar-refractivity contribution is -0.134. The number of ketones is 1. The quantitative estimate of drug-likeness (QED) is 0.253. The Morgan fingerprint density at radius 1 is 0.896 bits per heavy atom. The van der Waals surface area contributed by atoms with Crippen molar-refractivity contribution in [3.05, 3.63) is 120 Å². The number of carbonyl (C=O) groups excluding carboxylic acids is 5. The van der Waals surface area contributed by atoms with E-state index in [1.165, 1.54) is 12.3 Å². The first-order valence-corrected chi connectivity index (χ1v) is 15.6. The van der Waals surface area contributed by atoms with E-state index >= 15 is 0 Å². The molecule has 4 heterocycles. The predicted octanol–water partition coefficient (Wildman–Crippen LogP) is 4.24. The molecule has 3 aromatic carbocycles. The number of ether oxygens (including phenoxy) is 1. The zero-order chi connectivity index (χ0) is 34.3. The number of fused-ring (bicyclic) bond motifs is 2. The Morgan fingerprint density at radius 2 is 1.62 bits per heavy atom. The summed E-state index contributed by atoms with van der Waals surface area (Å²) < 4.78 is 6.11. The highest BCUT2D eigenvalue weighted by Gasteiger charge is 2.31. The van der Waals surface area contributed by atoms with Crippen LogP contribution in [-0.4, -0.2) is 53.0 Å². The molecule has 1 aromatic heterocycles. The van der Waals surface area contributed by atoms with Crippen LogP contribution in [-0.2, 0) is 27.2 Å². The number of rotatable bonds is 5. The Hall–Kier alpha value is -5.84. The minimum Gasteiger partial charge on any atom is -0.455 e. The monoisotopic (exact) mass is 647 g/mol. The van der Waals surface area contributed by atoms with Crippen molar-refractivity contribution in [1.29, 1.82) is 0 Å². The summed E-state index contributed by atoms with van der Waals surface area (Å²) in [5.74, 6) is -1.68. The van der Waals surface area contributed by atoms with Crippen molar-refractivity contribution in [2.24, 2.45) is 5.41 Å². The molecule has 246 valence electrons. The van der Waals surface area contributed by atoms with Crippen LogP contribution < -0.4 is 26.0 Å². The Morgan fingerprint density at radius 3 is 2.31 bits per heavy atom. The van der Waals surface area contributed by atoms with Crippen LogP contribution >= 0.6 is 0 Å². The summed E-state index contributed by atoms with van der Waals surface area (Å²) in [6, 6.07) is 23.6. The zero-order valence-corrected chi connectivity index (χ0v) is 26.9. The van der Waals surface area contributed by atoms with E-state index < -0.39 is 41.0 Å². The molecule has 0 radical (unpaired) electrons. The highest BCUT2D eigenvalue weighted by atomic mass is 16.5. The van der Waals surface area contributed by atoms with Crippen LogP contribution in [0.15, 0.2) is 97.2 Å². The van der Waals surface area contributed by atoms with Crippen molar-refractivity contribution >= 4 is 35.1 Å². The summed E-state index contributed by atoms with van der Waals surface area (Å²) in [5.41, 5.74) is 1.36. The molecule has 48 heavy (non-hydrogen) atoms. The van der Waals surface area contributed by atoms with Gasteiger partial charge in [-0.05, 0) is 53.6 Å². The van der Waals surface area contributed by atoms with Gasteiger partial charge in [0.1, 0.15) is 23.5 Å². The van der Waals surface area contributed by atoms with Gasteiger partial charge in [-0.25, -0.2) is 0 Å². The van der Waals surface area contributed by atoms with Gasteiger partial charge in [-0.1, -0.05) is 69.3 Å². The van der Waals surface area contributed by atoms with Crippen LogP contribution in [0.25, 0.3) is 0 Å². The van der Waals surface area contributed by atoms with E-state index in [-0.39, 0.29) is 48.0 Å². The van der Waals surface area contributed by atoms with Crippen LogP contribution in [0.2, 0.25) is 0 Å². The highest BCUT2D eigenvalue weighted by molar-refractivity contribution is 6.06. The van der Waals surface area contributed by atoms with Crippen molar-refractivity contribution in [1.82, 2.24) is 20.9 Å². The number of anilines is 1. The number of nitrogens with one attached hydrogen (secondary N) is 4. The van der Waals surface area contributed by atoms with E-state index in [0.717, 1.165) is 11.1 Å². The molecule has 2 atom stereocenters. The maximum Gasteiger partial charge on any atom is 0.274 e. The second-order valence-electron chi connectivity index (χ2n) is 12.5. The molecule has 11 heteroatoms. The lowest BCUT2D eigenvalue weighted by Crippen LogP contribution is -2.56. The zero-order valence-electron chi connectivity index (χ0n) is 26.9. The van der Waals surface area contributed by atoms with Crippen molar-refractivity contribution < 1.29 is 28.7 Å². The maximum absolute atomic E-state index is 13.8. The van der Waals surface area contributed by atoms with E-state index in [9.17, 15) is 24.0 Å². The first-order chi connectivity index (χ1) is 23.0. The second kappa shape index (κ2) is 14.7. The molecule has 0 saturated carbocycles. The van der Waals surface area contributed by atoms with Crippen molar-refractivity contribution in [3.63, 3.8) is 0 Å². The van der Waals surface area contributed by atoms with E-state index in [2.05, 4.69) is 26.3 Å². The van der Waals surface area contributed by atoms with Gasteiger partial charge in [-0.3, -0.25) is 29.0 Å². The van der Waals surface area contributed by atoms with Gasteiger partial charge in [0.15, 0.2) is 11.5 Å².